The monoisotopic (exact) mass is 364 g/mol. The predicted octanol–water partition coefficient (Wildman–Crippen LogP) is 4.44. The first-order valence-electron chi connectivity index (χ1n) is 6.94. The van der Waals surface area contributed by atoms with Crippen molar-refractivity contribution in [3.05, 3.63) is 28.3 Å². The fraction of sp³-hybridized carbons (Fsp3) is 0.438. The van der Waals surface area contributed by atoms with Gasteiger partial charge in [0.25, 0.3) is 0 Å². The lowest BCUT2D eigenvalue weighted by Gasteiger charge is -2.34. The molecule has 0 fully saturated rings. The molecule has 0 saturated carbocycles. The highest BCUT2D eigenvalue weighted by molar-refractivity contribution is 6.34. The van der Waals surface area contributed by atoms with Crippen LogP contribution in [-0.2, 0) is 10.2 Å². The molecule has 0 spiro atoms. The van der Waals surface area contributed by atoms with Crippen molar-refractivity contribution >= 4 is 23.6 Å². The van der Waals surface area contributed by atoms with Crippen molar-refractivity contribution in [3.63, 3.8) is 0 Å². The minimum atomic E-state index is -5.14. The average molecular weight is 365 g/mol. The number of methoxy groups -OCH3 is 1. The molecule has 1 N–H and O–H groups in total. The van der Waals surface area contributed by atoms with Gasteiger partial charge >= 0.3 is 17.7 Å². The van der Waals surface area contributed by atoms with Gasteiger partial charge in [-0.3, -0.25) is 0 Å². The molecule has 132 valence electrons. The molecule has 1 unspecified atom stereocenters. The van der Waals surface area contributed by atoms with Gasteiger partial charge in [0, 0.05) is 11.1 Å². The fourth-order valence-corrected chi connectivity index (χ4v) is 2.75. The minimum absolute atomic E-state index is 0.0670. The lowest BCUT2D eigenvalue weighted by atomic mass is 9.84. The number of rotatable bonds is 2. The molecule has 1 aromatic rings. The van der Waals surface area contributed by atoms with E-state index in [9.17, 15) is 18.0 Å². The maximum Gasteiger partial charge on any atom is 0.443 e. The van der Waals surface area contributed by atoms with Gasteiger partial charge in [0.1, 0.15) is 11.5 Å². The molecular formula is C16H16ClF3O4. The van der Waals surface area contributed by atoms with Crippen LogP contribution in [-0.4, -0.2) is 30.0 Å². The summed E-state index contributed by atoms with van der Waals surface area (Å²) in [5.74, 6) is -2.10. The van der Waals surface area contributed by atoms with Crippen molar-refractivity contribution in [2.45, 2.75) is 38.0 Å². The molecule has 2 rings (SSSR count). The maximum atomic E-state index is 13.3. The molecular weight excluding hydrogens is 349 g/mol. The van der Waals surface area contributed by atoms with Crippen molar-refractivity contribution in [2.75, 3.05) is 7.11 Å². The molecule has 0 radical (unpaired) electrons. The quantitative estimate of drug-likeness (QED) is 0.843. The first-order chi connectivity index (χ1) is 10.8. The van der Waals surface area contributed by atoms with Crippen LogP contribution in [0.2, 0.25) is 5.02 Å². The number of carboxylic acid groups (broad SMARTS) is 1. The number of carbonyl (C=O) groups is 1. The smallest absolute Gasteiger partial charge is 0.443 e. The van der Waals surface area contributed by atoms with Crippen molar-refractivity contribution < 1.29 is 32.5 Å². The van der Waals surface area contributed by atoms with E-state index >= 15 is 0 Å². The largest absolute Gasteiger partial charge is 0.495 e. The topological polar surface area (TPSA) is 55.8 Å². The molecule has 1 aliphatic heterocycles. The Hall–Kier alpha value is -1.89. The van der Waals surface area contributed by atoms with Crippen LogP contribution >= 0.6 is 11.6 Å². The van der Waals surface area contributed by atoms with Crippen LogP contribution in [0.1, 0.15) is 31.9 Å². The summed E-state index contributed by atoms with van der Waals surface area (Å²) in [6, 6.07) is 1.34. The first-order valence-corrected chi connectivity index (χ1v) is 7.32. The molecule has 0 aromatic heterocycles. The Bertz CT molecular complexity index is 720. The standard InChI is InChI=1S/C16H16ClF3O4/c1-14(2,3)9-7-10-8(11(17)12(9)23-4)5-6-15(24-10,13(21)22)16(18,19)20/h5-7H,1-4H3,(H,21,22). The number of hydrogen-bond acceptors (Lipinski definition) is 3. The molecule has 0 saturated heterocycles. The Kier molecular flexibility index (Phi) is 4.29. The molecule has 1 heterocycles. The van der Waals surface area contributed by atoms with Crippen LogP contribution in [0.3, 0.4) is 0 Å². The van der Waals surface area contributed by atoms with Crippen molar-refractivity contribution in [2.24, 2.45) is 0 Å². The van der Waals surface area contributed by atoms with Crippen LogP contribution < -0.4 is 9.47 Å². The van der Waals surface area contributed by atoms with Gasteiger partial charge in [0.05, 0.1) is 12.1 Å². The van der Waals surface area contributed by atoms with Gasteiger partial charge in [-0.25, -0.2) is 4.79 Å². The van der Waals surface area contributed by atoms with Gasteiger partial charge in [-0.15, -0.1) is 0 Å². The highest BCUT2D eigenvalue weighted by Crippen LogP contribution is 2.49. The first kappa shape index (κ1) is 18.4. The SMILES string of the molecule is COc1c(C(C)(C)C)cc2c(c1Cl)C=CC(C(=O)O)(C(F)(F)F)O2. The summed E-state index contributed by atoms with van der Waals surface area (Å²) in [5, 5.41) is 9.16. The number of fused-ring (bicyclic) bond motifs is 1. The third kappa shape index (κ3) is 2.70. The number of halogens is 4. The van der Waals surface area contributed by atoms with Crippen molar-refractivity contribution in [1.82, 2.24) is 0 Å². The van der Waals surface area contributed by atoms with E-state index in [2.05, 4.69) is 0 Å². The van der Waals surface area contributed by atoms with Crippen molar-refractivity contribution in [1.29, 1.82) is 0 Å². The Morgan fingerprint density at radius 1 is 1.33 bits per heavy atom. The van der Waals surface area contributed by atoms with E-state index in [1.54, 1.807) is 0 Å². The third-order valence-electron chi connectivity index (χ3n) is 3.73. The Balaban J connectivity index is 2.74. The molecule has 24 heavy (non-hydrogen) atoms. The molecule has 4 nitrogen and oxygen atoms in total. The summed E-state index contributed by atoms with van der Waals surface area (Å²) >= 11 is 6.24. The summed E-state index contributed by atoms with van der Waals surface area (Å²) < 4.78 is 50.1. The molecule has 0 amide bonds. The molecule has 1 atom stereocenters. The van der Waals surface area contributed by atoms with Gasteiger partial charge in [-0.1, -0.05) is 32.4 Å². The summed E-state index contributed by atoms with van der Waals surface area (Å²) in [5.41, 5.74) is -3.32. The lowest BCUT2D eigenvalue weighted by molar-refractivity contribution is -0.235. The van der Waals surface area contributed by atoms with Crippen LogP contribution in [0.4, 0.5) is 13.2 Å². The minimum Gasteiger partial charge on any atom is -0.495 e. The van der Waals surface area contributed by atoms with Crippen LogP contribution in [0, 0.1) is 0 Å². The molecule has 0 aliphatic carbocycles. The summed E-state index contributed by atoms with van der Waals surface area (Å²) in [4.78, 5) is 11.3. The zero-order chi connectivity index (χ0) is 18.5. The van der Waals surface area contributed by atoms with E-state index in [1.807, 2.05) is 20.8 Å². The molecule has 1 aromatic carbocycles. The second-order valence-electron chi connectivity index (χ2n) is 6.41. The van der Waals surface area contributed by atoms with Crippen molar-refractivity contribution in [3.8, 4) is 11.5 Å². The lowest BCUT2D eigenvalue weighted by Crippen LogP contribution is -2.56. The zero-order valence-electron chi connectivity index (χ0n) is 13.4. The molecule has 0 bridgehead atoms. The van der Waals surface area contributed by atoms with Gasteiger partial charge in [0.15, 0.2) is 0 Å². The second kappa shape index (κ2) is 5.58. The Morgan fingerprint density at radius 2 is 1.92 bits per heavy atom. The van der Waals surface area contributed by atoms with Crippen LogP contribution in [0.15, 0.2) is 12.1 Å². The Labute approximate surface area is 141 Å². The van der Waals surface area contributed by atoms with Gasteiger partial charge in [-0.05, 0) is 23.6 Å². The number of alkyl halides is 3. The maximum absolute atomic E-state index is 13.3. The van der Waals surface area contributed by atoms with Crippen LogP contribution in [0.25, 0.3) is 6.08 Å². The Morgan fingerprint density at radius 3 is 2.33 bits per heavy atom. The molecule has 8 heteroatoms. The third-order valence-corrected chi connectivity index (χ3v) is 4.10. The van der Waals surface area contributed by atoms with Gasteiger partial charge in [0.2, 0.25) is 0 Å². The molecule has 1 aliphatic rings. The van der Waals surface area contributed by atoms with E-state index in [4.69, 9.17) is 26.2 Å². The van der Waals surface area contributed by atoms with Gasteiger partial charge in [-0.2, -0.15) is 13.2 Å². The number of benzene rings is 1. The predicted molar refractivity (Wildman–Crippen MR) is 82.8 cm³/mol. The van der Waals surface area contributed by atoms with E-state index < -0.39 is 23.2 Å². The number of carboxylic acids is 1. The second-order valence-corrected chi connectivity index (χ2v) is 6.79. The highest BCUT2D eigenvalue weighted by Gasteiger charge is 2.63. The number of ether oxygens (including phenoxy) is 2. The van der Waals surface area contributed by atoms with E-state index in [-0.39, 0.29) is 16.3 Å². The number of aliphatic carboxylic acids is 1. The summed E-state index contributed by atoms with van der Waals surface area (Å²) in [6.45, 7) is 5.46. The van der Waals surface area contributed by atoms with E-state index in [0.29, 0.717) is 17.4 Å². The average Bonchev–Trinajstić information content (AvgIpc) is 2.44. The highest BCUT2D eigenvalue weighted by atomic mass is 35.5. The summed E-state index contributed by atoms with van der Waals surface area (Å²) in [7, 11) is 1.40. The zero-order valence-corrected chi connectivity index (χ0v) is 14.2. The normalized spacial score (nSPS) is 20.3. The summed E-state index contributed by atoms with van der Waals surface area (Å²) in [6.07, 6.45) is -3.70. The van der Waals surface area contributed by atoms with E-state index in [0.717, 1.165) is 6.08 Å². The fourth-order valence-electron chi connectivity index (χ4n) is 2.42. The number of hydrogen-bond donors (Lipinski definition) is 1. The van der Waals surface area contributed by atoms with E-state index in [1.165, 1.54) is 13.2 Å². The van der Waals surface area contributed by atoms with Gasteiger partial charge < -0.3 is 14.6 Å². The van der Waals surface area contributed by atoms with Crippen LogP contribution in [0.5, 0.6) is 11.5 Å².